The molecule has 0 fully saturated rings. The third-order valence-corrected chi connectivity index (χ3v) is 7.40. The molecule has 0 aromatic carbocycles. The summed E-state index contributed by atoms with van der Waals surface area (Å²) >= 11 is 3.17. The fraction of sp³-hybridized carbons (Fsp3) is 0.292. The Hall–Kier alpha value is -2.84. The zero-order chi connectivity index (χ0) is 22.7. The second-order valence-corrected chi connectivity index (χ2v) is 9.55. The number of aromatic nitrogens is 4. The van der Waals surface area contributed by atoms with E-state index in [9.17, 15) is 4.79 Å². The molecule has 0 N–H and O–H groups in total. The van der Waals surface area contributed by atoms with E-state index in [0.29, 0.717) is 17.5 Å². The van der Waals surface area contributed by atoms with Gasteiger partial charge in [0.15, 0.2) is 16.8 Å². The number of allylic oxidation sites excluding steroid dienone is 1. The minimum Gasteiger partial charge on any atom is -0.469 e. The van der Waals surface area contributed by atoms with Crippen LogP contribution in [0.25, 0.3) is 11.4 Å². The predicted molar refractivity (Wildman–Crippen MR) is 130 cm³/mol. The van der Waals surface area contributed by atoms with Gasteiger partial charge in [0.2, 0.25) is 0 Å². The van der Waals surface area contributed by atoms with Gasteiger partial charge in [0.1, 0.15) is 5.76 Å². The number of ketones is 1. The van der Waals surface area contributed by atoms with Gasteiger partial charge in [0.25, 0.3) is 0 Å². The molecule has 4 aromatic heterocycles. The van der Waals surface area contributed by atoms with Gasteiger partial charge in [-0.25, -0.2) is 0 Å². The van der Waals surface area contributed by atoms with Crippen molar-refractivity contribution in [3.8, 4) is 11.4 Å². The first-order chi connectivity index (χ1) is 15.5. The number of aryl methyl sites for hydroxylation is 3. The van der Waals surface area contributed by atoms with Gasteiger partial charge in [-0.05, 0) is 50.8 Å². The normalized spacial score (nSPS) is 11.2. The summed E-state index contributed by atoms with van der Waals surface area (Å²) in [6, 6.07) is 8.11. The minimum absolute atomic E-state index is 0.0969. The average Bonchev–Trinajstić information content (AvgIpc) is 3.55. The summed E-state index contributed by atoms with van der Waals surface area (Å²) in [5.74, 6) is 1.90. The van der Waals surface area contributed by atoms with Gasteiger partial charge < -0.3 is 8.98 Å². The Morgan fingerprint density at radius 2 is 2.09 bits per heavy atom. The number of rotatable bonds is 10. The first kappa shape index (κ1) is 22.4. The number of nitrogens with zero attached hydrogens (tertiary/aromatic N) is 4. The van der Waals surface area contributed by atoms with Crippen molar-refractivity contribution in [2.45, 2.75) is 45.4 Å². The van der Waals surface area contributed by atoms with Gasteiger partial charge >= 0.3 is 0 Å². The number of Topliss-reactive ketones (excluding diaryl/α,β-unsaturated/α-hetero) is 1. The molecular formula is C24H26N4O2S2. The van der Waals surface area contributed by atoms with Gasteiger partial charge in [0.05, 0.1) is 17.6 Å². The number of hydrogen-bond donors (Lipinski definition) is 0. The van der Waals surface area contributed by atoms with Crippen molar-refractivity contribution < 1.29 is 9.21 Å². The smallest absolute Gasteiger partial charge is 0.192 e. The molecule has 0 aliphatic carbocycles. The van der Waals surface area contributed by atoms with Crippen molar-refractivity contribution in [1.29, 1.82) is 0 Å². The predicted octanol–water partition coefficient (Wildman–Crippen LogP) is 5.73. The van der Waals surface area contributed by atoms with E-state index in [1.165, 1.54) is 16.6 Å². The molecule has 0 atom stereocenters. The zero-order valence-electron chi connectivity index (χ0n) is 18.5. The summed E-state index contributed by atoms with van der Waals surface area (Å²) in [7, 11) is 0. The monoisotopic (exact) mass is 466 g/mol. The van der Waals surface area contributed by atoms with Crippen LogP contribution in [0.15, 0.2) is 58.1 Å². The lowest BCUT2D eigenvalue weighted by Crippen LogP contribution is -2.09. The molecule has 0 saturated heterocycles. The molecule has 4 heterocycles. The van der Waals surface area contributed by atoms with Gasteiger partial charge in [-0.15, -0.1) is 28.1 Å². The van der Waals surface area contributed by atoms with Crippen molar-refractivity contribution in [2.24, 2.45) is 0 Å². The molecule has 4 rings (SSSR count). The number of thioether (sulfide) groups is 1. The van der Waals surface area contributed by atoms with Crippen molar-refractivity contribution in [2.75, 3.05) is 5.75 Å². The summed E-state index contributed by atoms with van der Waals surface area (Å²) in [6.07, 6.45) is 4.41. The zero-order valence-corrected chi connectivity index (χ0v) is 20.1. The van der Waals surface area contributed by atoms with Gasteiger partial charge in [0, 0.05) is 34.9 Å². The first-order valence-electron chi connectivity index (χ1n) is 10.4. The van der Waals surface area contributed by atoms with Crippen LogP contribution < -0.4 is 0 Å². The molecule has 32 heavy (non-hydrogen) atoms. The third kappa shape index (κ3) is 4.52. The van der Waals surface area contributed by atoms with E-state index in [2.05, 4.69) is 45.8 Å². The van der Waals surface area contributed by atoms with Crippen LogP contribution in [0.1, 0.15) is 32.4 Å². The van der Waals surface area contributed by atoms with E-state index in [0.717, 1.165) is 47.1 Å². The average molecular weight is 467 g/mol. The summed E-state index contributed by atoms with van der Waals surface area (Å²) in [4.78, 5) is 14.4. The Morgan fingerprint density at radius 1 is 1.25 bits per heavy atom. The molecule has 6 nitrogen and oxygen atoms in total. The van der Waals surface area contributed by atoms with Crippen LogP contribution in [-0.2, 0) is 19.5 Å². The maximum Gasteiger partial charge on any atom is 0.192 e. The molecule has 4 aromatic rings. The molecule has 0 aliphatic heterocycles. The molecule has 0 amide bonds. The lowest BCUT2D eigenvalue weighted by Gasteiger charge is -2.09. The van der Waals surface area contributed by atoms with Crippen molar-refractivity contribution in [3.63, 3.8) is 0 Å². The number of hydrogen-bond acceptors (Lipinski definition) is 6. The molecule has 0 bridgehead atoms. The van der Waals surface area contributed by atoms with E-state index in [1.54, 1.807) is 23.7 Å². The van der Waals surface area contributed by atoms with E-state index in [1.807, 2.05) is 30.5 Å². The second-order valence-electron chi connectivity index (χ2n) is 7.57. The van der Waals surface area contributed by atoms with Gasteiger partial charge in [-0.1, -0.05) is 23.9 Å². The highest BCUT2D eigenvalue weighted by molar-refractivity contribution is 7.99. The maximum absolute atomic E-state index is 13.1. The number of thiophene rings is 1. The molecule has 0 saturated carbocycles. The molecule has 0 spiro atoms. The van der Waals surface area contributed by atoms with Crippen molar-refractivity contribution in [1.82, 2.24) is 19.3 Å². The van der Waals surface area contributed by atoms with E-state index in [-0.39, 0.29) is 5.78 Å². The second kappa shape index (κ2) is 9.75. The van der Waals surface area contributed by atoms with Crippen LogP contribution in [0.2, 0.25) is 0 Å². The lowest BCUT2D eigenvalue weighted by atomic mass is 10.2. The Labute approximate surface area is 196 Å². The quantitative estimate of drug-likeness (QED) is 0.170. The van der Waals surface area contributed by atoms with Gasteiger partial charge in [-0.3, -0.25) is 9.36 Å². The fourth-order valence-electron chi connectivity index (χ4n) is 3.82. The van der Waals surface area contributed by atoms with Crippen molar-refractivity contribution >= 4 is 28.9 Å². The molecule has 0 radical (unpaired) electrons. The Kier molecular flexibility index (Phi) is 6.81. The summed E-state index contributed by atoms with van der Waals surface area (Å²) in [5, 5.41) is 11.5. The summed E-state index contributed by atoms with van der Waals surface area (Å²) in [6.45, 7) is 11.3. The Balaban J connectivity index is 1.48. The van der Waals surface area contributed by atoms with Gasteiger partial charge in [-0.2, -0.15) is 0 Å². The standard InChI is InChI=1S/C24H26N4O2S2/c1-5-10-28-23(20-9-12-30-18(20)4)25-26-24(28)32-15-22(29)21-14-16(2)27(17(21)3)11-8-19-7-6-13-31-19/h5-7,9,12-14H,1,8,10-11,15H2,2-4H3. The molecule has 8 heteroatoms. The number of furan rings is 1. The fourth-order valence-corrected chi connectivity index (χ4v) is 5.35. The lowest BCUT2D eigenvalue weighted by molar-refractivity contribution is 0.102. The highest BCUT2D eigenvalue weighted by atomic mass is 32.2. The summed E-state index contributed by atoms with van der Waals surface area (Å²) < 4.78 is 9.62. The van der Waals surface area contributed by atoms with Crippen LogP contribution in [0.4, 0.5) is 0 Å². The van der Waals surface area contributed by atoms with Crippen LogP contribution in [0.3, 0.4) is 0 Å². The molecule has 0 unspecified atom stereocenters. The number of carbonyl (C=O) groups excluding carboxylic acids is 1. The molecular weight excluding hydrogens is 440 g/mol. The van der Waals surface area contributed by atoms with E-state index >= 15 is 0 Å². The summed E-state index contributed by atoms with van der Waals surface area (Å²) in [5.41, 5.74) is 3.81. The van der Waals surface area contributed by atoms with Crippen LogP contribution in [0.5, 0.6) is 0 Å². The van der Waals surface area contributed by atoms with E-state index in [4.69, 9.17) is 4.42 Å². The van der Waals surface area contributed by atoms with Crippen LogP contribution in [-0.4, -0.2) is 30.9 Å². The molecule has 166 valence electrons. The van der Waals surface area contributed by atoms with Crippen molar-refractivity contribution in [3.05, 3.63) is 76.2 Å². The SMILES string of the molecule is C=CCn1c(SCC(=O)c2cc(C)n(CCc3cccs3)c2C)nnc1-c1ccoc1C. The largest absolute Gasteiger partial charge is 0.469 e. The topological polar surface area (TPSA) is 65.8 Å². The third-order valence-electron chi connectivity index (χ3n) is 5.50. The maximum atomic E-state index is 13.1. The Bertz CT molecular complexity index is 1230. The highest BCUT2D eigenvalue weighted by Gasteiger charge is 2.20. The highest BCUT2D eigenvalue weighted by Crippen LogP contribution is 2.28. The van der Waals surface area contributed by atoms with E-state index < -0.39 is 0 Å². The molecule has 0 aliphatic rings. The van der Waals surface area contributed by atoms with Crippen LogP contribution in [0, 0.1) is 20.8 Å². The minimum atomic E-state index is 0.0969. The Morgan fingerprint density at radius 3 is 2.78 bits per heavy atom. The first-order valence-corrected chi connectivity index (χ1v) is 12.3. The van der Waals surface area contributed by atoms with Crippen LogP contribution >= 0.6 is 23.1 Å². The number of carbonyl (C=O) groups is 1.